The molecule has 1 amide bonds. The van der Waals surface area contributed by atoms with Gasteiger partial charge in [0.25, 0.3) is 5.91 Å². The van der Waals surface area contributed by atoms with Gasteiger partial charge in [-0.2, -0.15) is 0 Å². The molecule has 2 N–H and O–H groups in total. The van der Waals surface area contributed by atoms with Crippen LogP contribution in [0.15, 0.2) is 0 Å². The van der Waals surface area contributed by atoms with Crippen LogP contribution < -0.4 is 5.32 Å². The van der Waals surface area contributed by atoms with Crippen molar-refractivity contribution >= 4 is 17.4 Å². The van der Waals surface area contributed by atoms with Crippen molar-refractivity contribution < 1.29 is 9.90 Å². The number of nitrogens with one attached hydrogen (secondary N) is 1. The molecule has 0 aliphatic heterocycles. The molecule has 0 spiro atoms. The maximum atomic E-state index is 12.1. The van der Waals surface area contributed by atoms with E-state index in [0.29, 0.717) is 17.0 Å². The van der Waals surface area contributed by atoms with Gasteiger partial charge < -0.3 is 10.4 Å². The van der Waals surface area contributed by atoms with Crippen molar-refractivity contribution in [3.63, 3.8) is 0 Å². The molecule has 1 rings (SSSR count). The van der Waals surface area contributed by atoms with Gasteiger partial charge in [0.1, 0.15) is 4.88 Å². The zero-order chi connectivity index (χ0) is 13.3. The van der Waals surface area contributed by atoms with Crippen LogP contribution in [0.2, 0.25) is 0 Å². The van der Waals surface area contributed by atoms with E-state index in [4.69, 9.17) is 0 Å². The summed E-state index contributed by atoms with van der Waals surface area (Å²) >= 11 is 1.08. The highest BCUT2D eigenvalue weighted by molar-refractivity contribution is 7.08. The average Bonchev–Trinajstić information content (AvgIpc) is 2.62. The van der Waals surface area contributed by atoms with Crippen LogP contribution in [0.3, 0.4) is 0 Å². The summed E-state index contributed by atoms with van der Waals surface area (Å²) in [5, 5.41) is 16.7. The Hall–Kier alpha value is -1.01. The van der Waals surface area contributed by atoms with Crippen LogP contribution >= 0.6 is 11.5 Å². The maximum Gasteiger partial charge on any atom is 0.265 e. The Balaban J connectivity index is 2.87. The third kappa shape index (κ3) is 3.01. The molecule has 0 aromatic carbocycles. The van der Waals surface area contributed by atoms with Crippen molar-refractivity contribution in [3.8, 4) is 0 Å². The fraction of sp³-hybridized carbons (Fsp3) is 0.727. The molecule has 0 fully saturated rings. The second kappa shape index (κ2) is 4.70. The first-order valence-corrected chi connectivity index (χ1v) is 6.32. The normalized spacial score (nSPS) is 12.6. The monoisotopic (exact) mass is 257 g/mol. The fourth-order valence-electron chi connectivity index (χ4n) is 1.11. The van der Waals surface area contributed by atoms with Gasteiger partial charge in [-0.05, 0) is 45.6 Å². The minimum atomic E-state index is -1.01. The summed E-state index contributed by atoms with van der Waals surface area (Å²) in [6.07, 6.45) is 0.669. The van der Waals surface area contributed by atoms with E-state index >= 15 is 0 Å². The highest BCUT2D eigenvalue weighted by atomic mass is 32.1. The van der Waals surface area contributed by atoms with E-state index in [2.05, 4.69) is 14.9 Å². The van der Waals surface area contributed by atoms with Crippen LogP contribution in [-0.4, -0.2) is 31.7 Å². The van der Waals surface area contributed by atoms with Crippen molar-refractivity contribution in [1.82, 2.24) is 14.9 Å². The van der Waals surface area contributed by atoms with Gasteiger partial charge in [-0.1, -0.05) is 11.4 Å². The Labute approximate surface area is 105 Å². The zero-order valence-corrected chi connectivity index (χ0v) is 11.7. The molecule has 1 heterocycles. The number of rotatable bonds is 4. The van der Waals surface area contributed by atoms with E-state index in [1.54, 1.807) is 27.7 Å². The molecule has 0 saturated carbocycles. The smallest absolute Gasteiger partial charge is 0.265 e. The summed E-state index contributed by atoms with van der Waals surface area (Å²) in [5.41, 5.74) is -1.04. The van der Waals surface area contributed by atoms with E-state index < -0.39 is 11.1 Å². The van der Waals surface area contributed by atoms with Crippen molar-refractivity contribution in [2.24, 2.45) is 0 Å². The van der Waals surface area contributed by atoms with Gasteiger partial charge >= 0.3 is 0 Å². The van der Waals surface area contributed by atoms with Crippen LogP contribution in [0.25, 0.3) is 0 Å². The standard InChI is InChI=1S/C11H19N3O2S/c1-6-7-8(17-14-13-7)9(15)12-10(2,3)11(4,5)16/h16H,6H2,1-5H3,(H,12,15). The highest BCUT2D eigenvalue weighted by Gasteiger charge is 2.37. The molecule has 0 aliphatic rings. The van der Waals surface area contributed by atoms with Crippen LogP contribution in [-0.2, 0) is 6.42 Å². The fourth-order valence-corrected chi connectivity index (χ4v) is 1.75. The van der Waals surface area contributed by atoms with Crippen molar-refractivity contribution in [3.05, 3.63) is 10.6 Å². The number of aliphatic hydroxyl groups is 1. The maximum absolute atomic E-state index is 12.1. The lowest BCUT2D eigenvalue weighted by Crippen LogP contribution is -2.57. The van der Waals surface area contributed by atoms with Crippen molar-refractivity contribution in [2.45, 2.75) is 52.2 Å². The molecule has 6 heteroatoms. The van der Waals surface area contributed by atoms with E-state index in [1.807, 2.05) is 6.92 Å². The van der Waals surface area contributed by atoms with Gasteiger partial charge in [-0.15, -0.1) is 5.10 Å². The zero-order valence-electron chi connectivity index (χ0n) is 10.9. The quantitative estimate of drug-likeness (QED) is 0.854. The lowest BCUT2D eigenvalue weighted by molar-refractivity contribution is -0.00287. The lowest BCUT2D eigenvalue weighted by Gasteiger charge is -2.37. The molecule has 0 saturated heterocycles. The third-order valence-electron chi connectivity index (χ3n) is 3.05. The number of amides is 1. The summed E-state index contributed by atoms with van der Waals surface area (Å²) in [7, 11) is 0. The topological polar surface area (TPSA) is 75.1 Å². The second-order valence-electron chi connectivity index (χ2n) is 5.04. The van der Waals surface area contributed by atoms with Crippen LogP contribution in [0, 0.1) is 0 Å². The Kier molecular flexibility index (Phi) is 3.88. The van der Waals surface area contributed by atoms with Crippen LogP contribution in [0.4, 0.5) is 0 Å². The molecule has 5 nitrogen and oxygen atoms in total. The number of hydrogen-bond donors (Lipinski definition) is 2. The number of nitrogens with zero attached hydrogens (tertiary/aromatic N) is 2. The Morgan fingerprint density at radius 2 is 2.00 bits per heavy atom. The summed E-state index contributed by atoms with van der Waals surface area (Å²) in [5.74, 6) is -0.232. The van der Waals surface area contributed by atoms with E-state index in [9.17, 15) is 9.90 Å². The number of aryl methyl sites for hydroxylation is 1. The van der Waals surface area contributed by atoms with Gasteiger partial charge in [-0.3, -0.25) is 4.79 Å². The molecule has 0 unspecified atom stereocenters. The Morgan fingerprint density at radius 1 is 1.41 bits per heavy atom. The van der Waals surface area contributed by atoms with Gasteiger partial charge in [0, 0.05) is 0 Å². The number of hydrogen-bond acceptors (Lipinski definition) is 5. The second-order valence-corrected chi connectivity index (χ2v) is 5.79. The SMILES string of the molecule is CCc1nnsc1C(=O)NC(C)(C)C(C)(C)O. The van der Waals surface area contributed by atoms with Crippen LogP contribution in [0.1, 0.15) is 50.0 Å². The predicted molar refractivity (Wildman–Crippen MR) is 67.1 cm³/mol. The molecule has 0 bridgehead atoms. The first kappa shape index (κ1) is 14.1. The van der Waals surface area contributed by atoms with E-state index in [0.717, 1.165) is 11.5 Å². The van der Waals surface area contributed by atoms with E-state index in [1.165, 1.54) is 0 Å². The molecule has 1 aromatic rings. The largest absolute Gasteiger partial charge is 0.388 e. The molecule has 96 valence electrons. The summed E-state index contributed by atoms with van der Waals surface area (Å²) < 4.78 is 3.77. The highest BCUT2D eigenvalue weighted by Crippen LogP contribution is 2.22. The minimum absolute atomic E-state index is 0.232. The predicted octanol–water partition coefficient (Wildman–Crippen LogP) is 1.38. The Morgan fingerprint density at radius 3 is 2.47 bits per heavy atom. The minimum Gasteiger partial charge on any atom is -0.388 e. The molecule has 0 atom stereocenters. The number of carbonyl (C=O) groups excluding carboxylic acids is 1. The summed E-state index contributed by atoms with van der Waals surface area (Å²) in [6.45, 7) is 8.82. The van der Waals surface area contributed by atoms with Gasteiger partial charge in [0.15, 0.2) is 0 Å². The summed E-state index contributed by atoms with van der Waals surface area (Å²) in [4.78, 5) is 12.6. The lowest BCUT2D eigenvalue weighted by atomic mass is 9.86. The Bertz CT molecular complexity index is 407. The van der Waals surface area contributed by atoms with Crippen molar-refractivity contribution in [2.75, 3.05) is 0 Å². The molecule has 17 heavy (non-hydrogen) atoms. The van der Waals surface area contributed by atoms with E-state index in [-0.39, 0.29) is 5.91 Å². The molecule has 1 aromatic heterocycles. The first-order chi connectivity index (χ1) is 7.69. The number of aromatic nitrogens is 2. The van der Waals surface area contributed by atoms with Crippen molar-refractivity contribution in [1.29, 1.82) is 0 Å². The first-order valence-electron chi connectivity index (χ1n) is 5.55. The van der Waals surface area contributed by atoms with Gasteiger partial charge in [-0.25, -0.2) is 0 Å². The van der Waals surface area contributed by atoms with Gasteiger partial charge in [0.2, 0.25) is 0 Å². The average molecular weight is 257 g/mol. The molecular formula is C11H19N3O2S. The molecule has 0 aliphatic carbocycles. The third-order valence-corrected chi connectivity index (χ3v) is 3.82. The molecular weight excluding hydrogens is 238 g/mol. The molecule has 0 radical (unpaired) electrons. The summed E-state index contributed by atoms with van der Waals surface area (Å²) in [6, 6.07) is 0. The number of carbonyl (C=O) groups is 1. The van der Waals surface area contributed by atoms with Gasteiger partial charge in [0.05, 0.1) is 16.8 Å². The van der Waals surface area contributed by atoms with Crippen LogP contribution in [0.5, 0.6) is 0 Å².